The van der Waals surface area contributed by atoms with Gasteiger partial charge in [-0.05, 0) is 78.1 Å². The summed E-state index contributed by atoms with van der Waals surface area (Å²) in [6.45, 7) is 4.65. The fraction of sp³-hybridized carbons (Fsp3) is 0.194. The zero-order valence-electron chi connectivity index (χ0n) is 21.8. The van der Waals surface area contributed by atoms with Crippen LogP contribution in [0, 0.1) is 19.7 Å². The van der Waals surface area contributed by atoms with Crippen molar-refractivity contribution >= 4 is 27.5 Å². The Hall–Kier alpha value is -4.50. The van der Waals surface area contributed by atoms with Crippen LogP contribution in [0.4, 0.5) is 4.39 Å². The monoisotopic (exact) mass is 556 g/mol. The molecule has 3 aromatic carbocycles. The number of ether oxygens (including phenoxy) is 3. The molecule has 1 N–H and O–H groups in total. The zero-order chi connectivity index (χ0) is 27.8. The van der Waals surface area contributed by atoms with Crippen molar-refractivity contribution in [2.45, 2.75) is 26.4 Å². The molecule has 1 unspecified atom stereocenters. The Labute approximate surface area is 233 Å². The van der Waals surface area contributed by atoms with Crippen LogP contribution in [0.5, 0.6) is 17.4 Å². The van der Waals surface area contributed by atoms with E-state index < -0.39 is 12.1 Å². The molecule has 2 aliphatic heterocycles. The summed E-state index contributed by atoms with van der Waals surface area (Å²) in [7, 11) is 0. The Morgan fingerprint density at radius 2 is 1.68 bits per heavy atom. The van der Waals surface area contributed by atoms with E-state index in [0.717, 1.165) is 38.3 Å². The van der Waals surface area contributed by atoms with E-state index in [1.165, 1.54) is 29.8 Å². The lowest BCUT2D eigenvalue weighted by molar-refractivity contribution is -0.145. The Balaban J connectivity index is 1.61. The Kier molecular flexibility index (Phi) is 6.81. The van der Waals surface area contributed by atoms with E-state index >= 15 is 0 Å². The molecule has 0 amide bonds. The molecule has 0 saturated carbocycles. The van der Waals surface area contributed by atoms with Crippen molar-refractivity contribution in [3.63, 3.8) is 0 Å². The van der Waals surface area contributed by atoms with E-state index in [2.05, 4.69) is 9.97 Å². The van der Waals surface area contributed by atoms with Gasteiger partial charge in [0.25, 0.3) is 0 Å². The van der Waals surface area contributed by atoms with Crippen LogP contribution in [0.15, 0.2) is 67.0 Å². The summed E-state index contributed by atoms with van der Waals surface area (Å²) < 4.78 is 31.9. The number of carboxylic acid groups (broad SMARTS) is 1. The fourth-order valence-electron chi connectivity index (χ4n) is 5.05. The Bertz CT molecular complexity index is 1710. The van der Waals surface area contributed by atoms with Crippen LogP contribution in [0.25, 0.3) is 31.8 Å². The van der Waals surface area contributed by atoms with E-state index in [9.17, 15) is 14.3 Å². The topological polar surface area (TPSA) is 90.8 Å². The van der Waals surface area contributed by atoms with Gasteiger partial charge in [0, 0.05) is 16.9 Å². The molecule has 40 heavy (non-hydrogen) atoms. The number of hydrogen-bond acceptors (Lipinski definition) is 7. The Morgan fingerprint density at radius 1 is 0.950 bits per heavy atom. The first-order chi connectivity index (χ1) is 19.4. The predicted octanol–water partition coefficient (Wildman–Crippen LogP) is 6.63. The number of halogens is 1. The third kappa shape index (κ3) is 4.96. The first kappa shape index (κ1) is 25.8. The van der Waals surface area contributed by atoms with Gasteiger partial charge >= 0.3 is 5.97 Å². The predicted molar refractivity (Wildman–Crippen MR) is 151 cm³/mol. The second-order valence-electron chi connectivity index (χ2n) is 9.60. The van der Waals surface area contributed by atoms with Crippen molar-refractivity contribution < 1.29 is 28.5 Å². The molecule has 2 aliphatic rings. The van der Waals surface area contributed by atoms with Gasteiger partial charge in [0.2, 0.25) is 12.0 Å². The van der Waals surface area contributed by atoms with Crippen LogP contribution in [0.3, 0.4) is 0 Å². The second kappa shape index (κ2) is 10.6. The number of rotatable bonds is 2. The average molecular weight is 557 g/mol. The standard InChI is InChI=1S/C31H25FN2O5S/c1-17-12-23-13-18(2)25(17)26-27-29(33-16-34-30(27)40-28(26)20-6-8-21(32)9-7-20)39-24(31(35)36)15-19-4-3-5-22(14-19)37-10-11-38-23/h3-9,12-14,16,24H,10-11,15H2,1-2H3,(H,35,36). The van der Waals surface area contributed by atoms with Gasteiger partial charge in [-0.15, -0.1) is 11.3 Å². The minimum atomic E-state index is -1.21. The molecule has 2 aromatic heterocycles. The summed E-state index contributed by atoms with van der Waals surface area (Å²) in [5.74, 6) is 0.0519. The van der Waals surface area contributed by atoms with Gasteiger partial charge in [0.05, 0.1) is 5.39 Å². The van der Waals surface area contributed by atoms with E-state index in [-0.39, 0.29) is 18.1 Å². The maximum Gasteiger partial charge on any atom is 0.345 e. The maximum absolute atomic E-state index is 13.9. The highest BCUT2D eigenvalue weighted by atomic mass is 32.1. The van der Waals surface area contributed by atoms with E-state index in [4.69, 9.17) is 14.2 Å². The molecule has 9 heteroatoms. The summed E-state index contributed by atoms with van der Waals surface area (Å²) in [5, 5.41) is 10.7. The number of benzene rings is 3. The van der Waals surface area contributed by atoms with Crippen molar-refractivity contribution in [1.82, 2.24) is 9.97 Å². The van der Waals surface area contributed by atoms with Crippen molar-refractivity contribution in [2.75, 3.05) is 13.2 Å². The highest BCUT2D eigenvalue weighted by molar-refractivity contribution is 7.22. The third-order valence-corrected chi connectivity index (χ3v) is 7.93. The molecule has 5 aromatic rings. The normalized spacial score (nSPS) is 15.1. The van der Waals surface area contributed by atoms with Gasteiger partial charge in [0.15, 0.2) is 0 Å². The first-order valence-electron chi connectivity index (χ1n) is 12.8. The molecule has 7 rings (SSSR count). The van der Waals surface area contributed by atoms with Crippen molar-refractivity contribution in [2.24, 2.45) is 0 Å². The number of fused-ring (bicyclic) bond motifs is 7. The number of aliphatic carboxylic acids is 1. The van der Waals surface area contributed by atoms with Crippen LogP contribution < -0.4 is 14.2 Å². The molecule has 0 radical (unpaired) electrons. The minimum Gasteiger partial charge on any atom is -0.490 e. The zero-order valence-corrected chi connectivity index (χ0v) is 22.6. The number of carbonyl (C=O) groups is 1. The quantitative estimate of drug-likeness (QED) is 0.261. The molecule has 0 saturated heterocycles. The average Bonchev–Trinajstić information content (AvgIpc) is 3.31. The van der Waals surface area contributed by atoms with Crippen LogP contribution in [-0.4, -0.2) is 40.4 Å². The van der Waals surface area contributed by atoms with Gasteiger partial charge in [-0.1, -0.05) is 24.3 Å². The molecule has 4 bridgehead atoms. The van der Waals surface area contributed by atoms with Crippen LogP contribution >= 0.6 is 11.3 Å². The largest absolute Gasteiger partial charge is 0.490 e. The fourth-order valence-corrected chi connectivity index (χ4v) is 6.19. The van der Waals surface area contributed by atoms with Gasteiger partial charge in [-0.2, -0.15) is 0 Å². The lowest BCUT2D eigenvalue weighted by Gasteiger charge is -2.17. The number of carboxylic acids is 1. The minimum absolute atomic E-state index is 0.102. The summed E-state index contributed by atoms with van der Waals surface area (Å²) in [4.78, 5) is 22.8. The van der Waals surface area contributed by atoms with Crippen LogP contribution in [-0.2, 0) is 11.2 Å². The first-order valence-corrected chi connectivity index (χ1v) is 13.6. The Morgan fingerprint density at radius 3 is 2.40 bits per heavy atom. The molecule has 7 nitrogen and oxygen atoms in total. The highest BCUT2D eigenvalue weighted by Crippen LogP contribution is 2.49. The molecule has 0 fully saturated rings. The lowest BCUT2D eigenvalue weighted by Crippen LogP contribution is -2.29. The second-order valence-corrected chi connectivity index (χ2v) is 10.6. The van der Waals surface area contributed by atoms with E-state index in [0.29, 0.717) is 34.9 Å². The van der Waals surface area contributed by atoms with Crippen molar-refractivity contribution in [3.8, 4) is 38.9 Å². The molecule has 0 spiro atoms. The number of aromatic nitrogens is 2. The number of aryl methyl sites for hydroxylation is 2. The molecule has 202 valence electrons. The third-order valence-electron chi connectivity index (χ3n) is 6.79. The molecular formula is C31H25FN2O5S. The molecule has 1 atom stereocenters. The summed E-state index contributed by atoms with van der Waals surface area (Å²) in [6, 6.07) is 17.5. The summed E-state index contributed by atoms with van der Waals surface area (Å²) in [6.07, 6.45) is 0.267. The summed E-state index contributed by atoms with van der Waals surface area (Å²) >= 11 is 1.43. The van der Waals surface area contributed by atoms with E-state index in [1.807, 2.05) is 44.2 Å². The highest BCUT2D eigenvalue weighted by Gasteiger charge is 2.27. The number of nitrogens with zero attached hydrogens (tertiary/aromatic N) is 2. The van der Waals surface area contributed by atoms with Crippen LogP contribution in [0.2, 0.25) is 0 Å². The smallest absolute Gasteiger partial charge is 0.345 e. The lowest BCUT2D eigenvalue weighted by atomic mass is 9.92. The van der Waals surface area contributed by atoms with Gasteiger partial charge in [-0.3, -0.25) is 0 Å². The SMILES string of the molecule is Cc1cc2cc(C)c1-c1c(-c3ccc(F)cc3)sc3ncnc(c13)OC(C(=O)O)Cc1cccc(c1)OCCO2. The number of hydrogen-bond donors (Lipinski definition) is 1. The number of thiophene rings is 1. The molecule has 0 aliphatic carbocycles. The van der Waals surface area contributed by atoms with Crippen molar-refractivity contribution in [1.29, 1.82) is 0 Å². The van der Waals surface area contributed by atoms with Crippen molar-refractivity contribution in [3.05, 3.63) is 89.5 Å². The van der Waals surface area contributed by atoms with Gasteiger partial charge < -0.3 is 19.3 Å². The summed E-state index contributed by atoms with van der Waals surface area (Å²) in [5.41, 5.74) is 5.18. The van der Waals surface area contributed by atoms with Crippen LogP contribution in [0.1, 0.15) is 16.7 Å². The molecule has 4 heterocycles. The van der Waals surface area contributed by atoms with E-state index in [1.54, 1.807) is 18.2 Å². The van der Waals surface area contributed by atoms with Gasteiger partial charge in [0.1, 0.15) is 41.7 Å². The van der Waals surface area contributed by atoms with Gasteiger partial charge in [-0.25, -0.2) is 19.2 Å². The molecular weight excluding hydrogens is 531 g/mol. The maximum atomic E-state index is 13.9.